The molecule has 0 amide bonds. The second-order valence-electron chi connectivity index (χ2n) is 6.98. The van der Waals surface area contributed by atoms with Crippen molar-refractivity contribution in [3.63, 3.8) is 0 Å². The number of likely N-dealkylation sites (N-methyl/N-ethyl adjacent to an activating group) is 1. The predicted molar refractivity (Wildman–Crippen MR) is 105 cm³/mol. The van der Waals surface area contributed by atoms with Crippen molar-refractivity contribution in [1.29, 1.82) is 0 Å². The average molecular weight is 375 g/mol. The molecule has 7 nitrogen and oxygen atoms in total. The van der Waals surface area contributed by atoms with Crippen LogP contribution in [0.1, 0.15) is 30.9 Å². The number of aryl methyl sites for hydroxylation is 1. The summed E-state index contributed by atoms with van der Waals surface area (Å²) in [5.41, 5.74) is 8.65. The Hall–Kier alpha value is -2.38. The van der Waals surface area contributed by atoms with E-state index in [4.69, 9.17) is 15.2 Å². The van der Waals surface area contributed by atoms with Gasteiger partial charge in [-0.05, 0) is 51.6 Å². The lowest BCUT2D eigenvalue weighted by molar-refractivity contribution is -0.153. The highest BCUT2D eigenvalue weighted by Gasteiger charge is 2.17. The van der Waals surface area contributed by atoms with Gasteiger partial charge in [-0.1, -0.05) is 25.0 Å². The summed E-state index contributed by atoms with van der Waals surface area (Å²) in [6, 6.07) is 5.22. The van der Waals surface area contributed by atoms with Crippen LogP contribution in [0.25, 0.3) is 10.9 Å². The van der Waals surface area contributed by atoms with Crippen LogP contribution in [0.3, 0.4) is 0 Å². The number of benzene rings is 1. The molecule has 0 aliphatic rings. The smallest absolute Gasteiger partial charge is 0.421 e. The molecule has 148 valence electrons. The van der Waals surface area contributed by atoms with Crippen molar-refractivity contribution in [1.82, 2.24) is 9.47 Å². The minimum Gasteiger partial charge on any atom is -0.427 e. The van der Waals surface area contributed by atoms with Crippen molar-refractivity contribution < 1.29 is 19.1 Å². The molecular formula is C20H29N3O4. The zero-order chi connectivity index (χ0) is 20.0. The van der Waals surface area contributed by atoms with Gasteiger partial charge in [0.1, 0.15) is 6.04 Å². The van der Waals surface area contributed by atoms with Crippen molar-refractivity contribution in [2.24, 2.45) is 5.73 Å². The van der Waals surface area contributed by atoms with E-state index in [9.17, 15) is 9.59 Å². The van der Waals surface area contributed by atoms with Crippen molar-refractivity contribution in [2.75, 3.05) is 27.4 Å². The summed E-state index contributed by atoms with van der Waals surface area (Å²) in [7, 11) is 4.02. The maximum absolute atomic E-state index is 12.5. The van der Waals surface area contributed by atoms with E-state index in [1.807, 2.05) is 40.1 Å². The van der Waals surface area contributed by atoms with E-state index < -0.39 is 24.9 Å². The van der Waals surface area contributed by atoms with Gasteiger partial charge in [0.05, 0.1) is 5.52 Å². The molecule has 2 N–H and O–H groups in total. The van der Waals surface area contributed by atoms with E-state index in [0.29, 0.717) is 6.42 Å². The number of aromatic nitrogens is 1. The Balaban J connectivity index is 2.10. The number of nitrogens with two attached hydrogens (primary N) is 1. The predicted octanol–water partition coefficient (Wildman–Crippen LogP) is 2.67. The molecule has 2 aromatic rings. The average Bonchev–Trinajstić information content (AvgIpc) is 2.97. The van der Waals surface area contributed by atoms with E-state index in [0.717, 1.165) is 41.4 Å². The highest BCUT2D eigenvalue weighted by molar-refractivity contribution is 5.92. The lowest BCUT2D eigenvalue weighted by Crippen LogP contribution is -2.33. The van der Waals surface area contributed by atoms with Gasteiger partial charge >= 0.3 is 12.1 Å². The number of carbonyl (C=O) groups excluding carboxylic acids is 2. The van der Waals surface area contributed by atoms with Gasteiger partial charge in [0, 0.05) is 18.1 Å². The number of fused-ring (bicyclic) bond motifs is 1. The molecule has 1 aromatic heterocycles. The number of esters is 1. The Morgan fingerprint density at radius 1 is 1.26 bits per heavy atom. The first-order chi connectivity index (χ1) is 12.8. The van der Waals surface area contributed by atoms with E-state index in [2.05, 4.69) is 11.0 Å². The normalized spacial score (nSPS) is 12.4. The van der Waals surface area contributed by atoms with E-state index in [-0.39, 0.29) is 0 Å². The van der Waals surface area contributed by atoms with Crippen LogP contribution < -0.4 is 5.73 Å². The van der Waals surface area contributed by atoms with Crippen LogP contribution in [0, 0.1) is 6.92 Å². The van der Waals surface area contributed by atoms with Crippen LogP contribution in [0.4, 0.5) is 4.79 Å². The monoisotopic (exact) mass is 375 g/mol. The van der Waals surface area contributed by atoms with Crippen LogP contribution in [0.2, 0.25) is 0 Å². The van der Waals surface area contributed by atoms with Crippen LogP contribution in [-0.4, -0.2) is 55.0 Å². The molecule has 1 atom stereocenters. The number of hydrogen-bond donors (Lipinski definition) is 1. The first-order valence-corrected chi connectivity index (χ1v) is 9.18. The van der Waals surface area contributed by atoms with Crippen LogP contribution in [0.15, 0.2) is 24.4 Å². The van der Waals surface area contributed by atoms with Gasteiger partial charge in [-0.25, -0.2) is 4.79 Å². The Morgan fingerprint density at radius 3 is 2.67 bits per heavy atom. The molecule has 7 heteroatoms. The number of carbonyl (C=O) groups is 2. The Morgan fingerprint density at radius 2 is 2.00 bits per heavy atom. The topological polar surface area (TPSA) is 86.8 Å². The Bertz CT molecular complexity index is 798. The van der Waals surface area contributed by atoms with Gasteiger partial charge in [-0.15, -0.1) is 0 Å². The van der Waals surface area contributed by atoms with Gasteiger partial charge < -0.3 is 20.1 Å². The number of rotatable bonds is 8. The Labute approximate surface area is 160 Å². The minimum atomic E-state index is -0.693. The highest BCUT2D eigenvalue weighted by Crippen LogP contribution is 2.24. The first kappa shape index (κ1) is 20.9. The van der Waals surface area contributed by atoms with Crippen molar-refractivity contribution in [2.45, 2.75) is 39.2 Å². The van der Waals surface area contributed by atoms with E-state index >= 15 is 0 Å². The largest absolute Gasteiger partial charge is 0.427 e. The van der Waals surface area contributed by atoms with Crippen molar-refractivity contribution >= 4 is 23.0 Å². The third-order valence-electron chi connectivity index (χ3n) is 4.35. The summed E-state index contributed by atoms with van der Waals surface area (Å²) >= 11 is 0. The minimum absolute atomic E-state index is 0.451. The number of nitrogens with zero attached hydrogens (tertiary/aromatic N) is 2. The second-order valence-corrected chi connectivity index (χ2v) is 6.98. The molecule has 0 aliphatic heterocycles. The van der Waals surface area contributed by atoms with Gasteiger partial charge in [0.25, 0.3) is 0 Å². The van der Waals surface area contributed by atoms with Crippen LogP contribution >= 0.6 is 0 Å². The fraction of sp³-hybridized carbons (Fsp3) is 0.500. The lowest BCUT2D eigenvalue weighted by atomic mass is 10.1. The molecule has 0 bridgehead atoms. The summed E-state index contributed by atoms with van der Waals surface area (Å²) < 4.78 is 11.5. The molecule has 27 heavy (non-hydrogen) atoms. The molecule has 1 unspecified atom stereocenters. The van der Waals surface area contributed by atoms with Crippen LogP contribution in [-0.2, 0) is 20.7 Å². The summed E-state index contributed by atoms with van der Waals surface area (Å²) in [5, 5.41) is 1.02. The maximum atomic E-state index is 12.5. The molecule has 0 aliphatic carbocycles. The maximum Gasteiger partial charge on any atom is 0.421 e. The fourth-order valence-electron chi connectivity index (χ4n) is 2.85. The number of ether oxygens (including phenoxy) is 2. The second kappa shape index (κ2) is 9.53. The lowest BCUT2D eigenvalue weighted by Gasteiger charge is -2.11. The molecule has 0 fully saturated rings. The summed E-state index contributed by atoms with van der Waals surface area (Å²) in [5.74, 6) is -0.565. The highest BCUT2D eigenvalue weighted by atomic mass is 16.7. The SMILES string of the molecule is CCCC(N)C(=O)OCOC(=O)n1cc(CCN(C)C)c2cc(C)ccc21. The summed E-state index contributed by atoms with van der Waals surface area (Å²) in [4.78, 5) is 26.3. The van der Waals surface area contributed by atoms with Gasteiger partial charge in [-0.3, -0.25) is 9.36 Å². The molecule has 1 aromatic carbocycles. The van der Waals surface area contributed by atoms with Crippen molar-refractivity contribution in [3.8, 4) is 0 Å². The summed E-state index contributed by atoms with van der Waals surface area (Å²) in [6.07, 6.45) is 3.33. The Kier molecular flexibility index (Phi) is 7.38. The van der Waals surface area contributed by atoms with E-state index in [1.54, 1.807) is 6.20 Å². The number of hydrogen-bond acceptors (Lipinski definition) is 6. The third kappa shape index (κ3) is 5.55. The van der Waals surface area contributed by atoms with Gasteiger partial charge in [0.15, 0.2) is 0 Å². The van der Waals surface area contributed by atoms with E-state index in [1.165, 1.54) is 4.57 Å². The van der Waals surface area contributed by atoms with Gasteiger partial charge in [0.2, 0.25) is 6.79 Å². The molecule has 0 saturated heterocycles. The van der Waals surface area contributed by atoms with Crippen LogP contribution in [0.5, 0.6) is 0 Å². The first-order valence-electron chi connectivity index (χ1n) is 9.18. The van der Waals surface area contributed by atoms with Crippen molar-refractivity contribution in [3.05, 3.63) is 35.5 Å². The molecular weight excluding hydrogens is 346 g/mol. The summed E-state index contributed by atoms with van der Waals surface area (Å²) in [6.45, 7) is 4.37. The zero-order valence-corrected chi connectivity index (χ0v) is 16.5. The molecule has 0 spiro atoms. The quantitative estimate of drug-likeness (QED) is 0.564. The van der Waals surface area contributed by atoms with Gasteiger partial charge in [-0.2, -0.15) is 0 Å². The molecule has 1 heterocycles. The molecule has 2 rings (SSSR count). The standard InChI is InChI=1S/C20H29N3O4/c1-5-6-17(21)19(24)26-13-27-20(25)23-12-15(9-10-22(3)4)16-11-14(2)7-8-18(16)23/h7-8,11-12,17H,5-6,9-10,13,21H2,1-4H3. The molecule has 0 saturated carbocycles. The zero-order valence-electron chi connectivity index (χ0n) is 16.5. The molecule has 0 radical (unpaired) electrons. The fourth-order valence-corrected chi connectivity index (χ4v) is 2.85. The third-order valence-corrected chi connectivity index (χ3v) is 4.35.